The molecule has 0 aromatic rings. The van der Waals surface area contributed by atoms with Gasteiger partial charge >= 0.3 is 0 Å². The van der Waals surface area contributed by atoms with E-state index >= 15 is 0 Å². The average Bonchev–Trinajstić information content (AvgIpc) is 2.57. The first-order valence-corrected chi connectivity index (χ1v) is 5.34. The molecule has 12 heavy (non-hydrogen) atoms. The molecule has 1 aliphatic carbocycles. The van der Waals surface area contributed by atoms with Crippen LogP contribution in [-0.4, -0.2) is 30.6 Å². The van der Waals surface area contributed by atoms with Gasteiger partial charge in [-0.05, 0) is 50.1 Å². The van der Waals surface area contributed by atoms with Gasteiger partial charge in [0.1, 0.15) is 0 Å². The summed E-state index contributed by atoms with van der Waals surface area (Å²) in [6.07, 6.45) is 4.22. The van der Waals surface area contributed by atoms with Crippen LogP contribution in [0.4, 0.5) is 0 Å². The minimum atomic E-state index is 0.895. The van der Waals surface area contributed by atoms with E-state index in [1.165, 1.54) is 32.4 Å². The molecule has 2 heterocycles. The highest BCUT2D eigenvalue weighted by molar-refractivity contribution is 5.09. The molecule has 2 N–H and O–H groups in total. The first-order chi connectivity index (χ1) is 5.90. The Balaban J connectivity index is 1.72. The van der Waals surface area contributed by atoms with Crippen LogP contribution in [-0.2, 0) is 0 Å². The predicted octanol–water partition coefficient (Wildman–Crippen LogP) is 0.675. The number of hydrogen-bond acceptors (Lipinski definition) is 2. The second-order valence-corrected chi connectivity index (χ2v) is 4.77. The lowest BCUT2D eigenvalue weighted by molar-refractivity contribution is 0.246. The lowest BCUT2D eigenvalue weighted by Crippen LogP contribution is -2.31. The molecule has 0 aromatic carbocycles. The first-order valence-electron chi connectivity index (χ1n) is 5.34. The van der Waals surface area contributed by atoms with Gasteiger partial charge in [-0.25, -0.2) is 0 Å². The van der Waals surface area contributed by atoms with E-state index in [2.05, 4.69) is 4.90 Å². The van der Waals surface area contributed by atoms with Crippen molar-refractivity contribution in [1.82, 2.24) is 4.90 Å². The van der Waals surface area contributed by atoms with Crippen molar-refractivity contribution in [1.29, 1.82) is 0 Å². The summed E-state index contributed by atoms with van der Waals surface area (Å²) in [7, 11) is 0. The van der Waals surface area contributed by atoms with Crippen molar-refractivity contribution in [3.63, 3.8) is 0 Å². The quantitative estimate of drug-likeness (QED) is 0.653. The number of fused-ring (bicyclic) bond motifs is 3. The molecule has 2 nitrogen and oxygen atoms in total. The molecule has 2 saturated heterocycles. The Labute approximate surface area is 74.1 Å². The van der Waals surface area contributed by atoms with E-state index < -0.39 is 0 Å². The maximum Gasteiger partial charge on any atom is 0.0156 e. The molecular formula is C10H18N2. The SMILES string of the molecule is NCCC1CCN2CC3CC3C12. The Hall–Kier alpha value is -0.0800. The number of nitrogens with zero attached hydrogens (tertiary/aromatic N) is 1. The molecule has 68 valence electrons. The summed E-state index contributed by atoms with van der Waals surface area (Å²) in [6, 6.07) is 0.957. The molecule has 2 heteroatoms. The molecule has 3 fully saturated rings. The van der Waals surface area contributed by atoms with Crippen LogP contribution in [0.3, 0.4) is 0 Å². The Bertz CT molecular complexity index is 190. The molecule has 0 amide bonds. The monoisotopic (exact) mass is 166 g/mol. The third-order valence-electron chi connectivity index (χ3n) is 4.11. The van der Waals surface area contributed by atoms with Crippen LogP contribution in [0.15, 0.2) is 0 Å². The summed E-state index contributed by atoms with van der Waals surface area (Å²) in [5.41, 5.74) is 5.63. The average molecular weight is 166 g/mol. The van der Waals surface area contributed by atoms with E-state index in [9.17, 15) is 0 Å². The molecule has 0 spiro atoms. The lowest BCUT2D eigenvalue weighted by atomic mass is 9.94. The van der Waals surface area contributed by atoms with Gasteiger partial charge in [0.05, 0.1) is 0 Å². The van der Waals surface area contributed by atoms with Crippen LogP contribution in [0.1, 0.15) is 19.3 Å². The molecule has 0 aromatic heterocycles. The van der Waals surface area contributed by atoms with Crippen LogP contribution in [0.5, 0.6) is 0 Å². The van der Waals surface area contributed by atoms with E-state index in [4.69, 9.17) is 5.73 Å². The fraction of sp³-hybridized carbons (Fsp3) is 1.00. The maximum atomic E-state index is 5.63. The lowest BCUT2D eigenvalue weighted by Gasteiger charge is -2.22. The summed E-state index contributed by atoms with van der Waals surface area (Å²) in [4.78, 5) is 2.72. The highest BCUT2D eigenvalue weighted by atomic mass is 15.2. The molecule has 1 saturated carbocycles. The van der Waals surface area contributed by atoms with Crippen molar-refractivity contribution in [2.75, 3.05) is 19.6 Å². The zero-order valence-electron chi connectivity index (χ0n) is 7.58. The van der Waals surface area contributed by atoms with Crippen LogP contribution in [0.25, 0.3) is 0 Å². The summed E-state index contributed by atoms with van der Waals surface area (Å²) in [5, 5.41) is 0. The van der Waals surface area contributed by atoms with Gasteiger partial charge in [-0.15, -0.1) is 0 Å². The Morgan fingerprint density at radius 2 is 2.33 bits per heavy atom. The zero-order valence-corrected chi connectivity index (χ0v) is 7.58. The number of rotatable bonds is 2. The topological polar surface area (TPSA) is 29.3 Å². The van der Waals surface area contributed by atoms with E-state index in [1.54, 1.807) is 0 Å². The first kappa shape index (κ1) is 7.34. The minimum absolute atomic E-state index is 0.895. The van der Waals surface area contributed by atoms with Crippen LogP contribution < -0.4 is 5.73 Å². The summed E-state index contributed by atoms with van der Waals surface area (Å²) in [5.74, 6) is 3.13. The van der Waals surface area contributed by atoms with Crippen molar-refractivity contribution < 1.29 is 0 Å². The maximum absolute atomic E-state index is 5.63. The largest absolute Gasteiger partial charge is 0.330 e. The van der Waals surface area contributed by atoms with E-state index in [0.29, 0.717) is 0 Å². The van der Waals surface area contributed by atoms with Gasteiger partial charge in [-0.3, -0.25) is 4.90 Å². The van der Waals surface area contributed by atoms with Crippen molar-refractivity contribution >= 4 is 0 Å². The van der Waals surface area contributed by atoms with Gasteiger partial charge in [-0.1, -0.05) is 0 Å². The molecule has 2 aliphatic heterocycles. The molecule has 3 rings (SSSR count). The van der Waals surface area contributed by atoms with Gasteiger partial charge in [0.25, 0.3) is 0 Å². The minimum Gasteiger partial charge on any atom is -0.330 e. The third-order valence-corrected chi connectivity index (χ3v) is 4.11. The number of hydrogen-bond donors (Lipinski definition) is 1. The van der Waals surface area contributed by atoms with Crippen molar-refractivity contribution in [2.45, 2.75) is 25.3 Å². The second kappa shape index (κ2) is 2.46. The number of nitrogens with two attached hydrogens (primary N) is 1. The summed E-state index contributed by atoms with van der Waals surface area (Å²) in [6.45, 7) is 3.67. The molecule has 4 atom stereocenters. The predicted molar refractivity (Wildman–Crippen MR) is 48.7 cm³/mol. The van der Waals surface area contributed by atoms with Gasteiger partial charge in [0.15, 0.2) is 0 Å². The highest BCUT2D eigenvalue weighted by Gasteiger charge is 2.56. The summed E-state index contributed by atoms with van der Waals surface area (Å²) < 4.78 is 0. The van der Waals surface area contributed by atoms with E-state index in [-0.39, 0.29) is 0 Å². The van der Waals surface area contributed by atoms with Gasteiger partial charge in [0.2, 0.25) is 0 Å². The van der Waals surface area contributed by atoms with E-state index in [1.807, 2.05) is 0 Å². The Morgan fingerprint density at radius 3 is 3.17 bits per heavy atom. The van der Waals surface area contributed by atoms with Crippen LogP contribution in [0.2, 0.25) is 0 Å². The summed E-state index contributed by atoms with van der Waals surface area (Å²) >= 11 is 0. The smallest absolute Gasteiger partial charge is 0.0156 e. The molecule has 0 radical (unpaired) electrons. The van der Waals surface area contributed by atoms with Gasteiger partial charge in [0, 0.05) is 12.6 Å². The molecule has 4 unspecified atom stereocenters. The fourth-order valence-electron chi connectivity index (χ4n) is 3.51. The standard InChI is InChI=1S/C10H18N2/c11-3-1-7-2-4-12-6-8-5-9(8)10(7)12/h7-10H,1-6,11H2. The Morgan fingerprint density at radius 1 is 1.42 bits per heavy atom. The number of piperidine rings is 1. The van der Waals surface area contributed by atoms with Gasteiger partial charge < -0.3 is 5.73 Å². The fourth-order valence-corrected chi connectivity index (χ4v) is 3.51. The highest BCUT2D eigenvalue weighted by Crippen LogP contribution is 2.54. The normalized spacial score (nSPS) is 50.8. The van der Waals surface area contributed by atoms with Crippen molar-refractivity contribution in [3.8, 4) is 0 Å². The second-order valence-electron chi connectivity index (χ2n) is 4.77. The third kappa shape index (κ3) is 0.882. The molecule has 3 aliphatic rings. The van der Waals surface area contributed by atoms with Crippen molar-refractivity contribution in [2.24, 2.45) is 23.5 Å². The van der Waals surface area contributed by atoms with Crippen LogP contribution in [0, 0.1) is 17.8 Å². The molecule has 0 bridgehead atoms. The Kier molecular flexibility index (Phi) is 1.50. The van der Waals surface area contributed by atoms with Crippen molar-refractivity contribution in [3.05, 3.63) is 0 Å². The van der Waals surface area contributed by atoms with E-state index in [0.717, 1.165) is 30.3 Å². The zero-order chi connectivity index (χ0) is 8.13. The van der Waals surface area contributed by atoms with Crippen LogP contribution >= 0.6 is 0 Å². The van der Waals surface area contributed by atoms with Gasteiger partial charge in [-0.2, -0.15) is 0 Å². The molecular weight excluding hydrogens is 148 g/mol.